The molecule has 5 nitrogen and oxygen atoms in total. The van der Waals surface area contributed by atoms with Crippen LogP contribution in [0.2, 0.25) is 0 Å². The Balaban J connectivity index is 1.59. The van der Waals surface area contributed by atoms with Crippen molar-refractivity contribution in [2.75, 3.05) is 43.5 Å². The smallest absolute Gasteiger partial charge is 0.337 e. The number of carbonyl (C=O) groups excluding carboxylic acids is 1. The molecule has 0 amide bonds. The van der Waals surface area contributed by atoms with Gasteiger partial charge >= 0.3 is 5.97 Å². The second-order valence-electron chi connectivity index (χ2n) is 5.93. The molecule has 1 heterocycles. The maximum Gasteiger partial charge on any atom is 0.337 e. The predicted molar refractivity (Wildman–Crippen MR) is 104 cm³/mol. The van der Waals surface area contributed by atoms with Crippen molar-refractivity contribution in [3.05, 3.63) is 59.9 Å². The first-order valence-electron chi connectivity index (χ1n) is 8.32. The molecule has 0 bridgehead atoms. The van der Waals surface area contributed by atoms with Gasteiger partial charge in [-0.15, -0.1) is 0 Å². The molecule has 0 radical (unpaired) electrons. The van der Waals surface area contributed by atoms with Crippen LogP contribution in [0.3, 0.4) is 0 Å². The fourth-order valence-corrected chi connectivity index (χ4v) is 3.20. The number of carbonyl (C=O) groups is 1. The van der Waals surface area contributed by atoms with Crippen molar-refractivity contribution in [1.29, 1.82) is 0 Å². The van der Waals surface area contributed by atoms with E-state index in [2.05, 4.69) is 5.32 Å². The number of esters is 1. The molecule has 0 saturated carbocycles. The number of hydrogen-bond donors (Lipinski definition) is 1. The molecule has 136 valence electrons. The molecule has 0 aliphatic carbocycles. The van der Waals surface area contributed by atoms with Gasteiger partial charge in [0, 0.05) is 31.9 Å². The molecule has 26 heavy (non-hydrogen) atoms. The summed E-state index contributed by atoms with van der Waals surface area (Å²) in [6.45, 7) is 2.75. The first-order chi connectivity index (χ1) is 12.6. The Kier molecular flexibility index (Phi) is 5.68. The standard InChI is InChI=1S/C19H20FN3O2S/c1-25-18(24)14-5-4-6-15(13-14)21-19(26)23-11-9-22(10-12-23)17-8-3-2-7-16(17)20/h2-8,13H,9-12H2,1H3,(H,21,26). The molecular formula is C19H20FN3O2S. The Hall–Kier alpha value is -2.67. The lowest BCUT2D eigenvalue weighted by Gasteiger charge is -2.37. The number of ether oxygens (including phenoxy) is 1. The Bertz CT molecular complexity index is 807. The molecule has 1 N–H and O–H groups in total. The normalized spacial score (nSPS) is 14.1. The molecule has 0 spiro atoms. The predicted octanol–water partition coefficient (Wildman–Crippen LogP) is 3.13. The molecule has 0 atom stereocenters. The van der Waals surface area contributed by atoms with Crippen LogP contribution < -0.4 is 10.2 Å². The monoisotopic (exact) mass is 373 g/mol. The summed E-state index contributed by atoms with van der Waals surface area (Å²) in [4.78, 5) is 15.7. The molecule has 2 aromatic carbocycles. The fourth-order valence-electron chi connectivity index (χ4n) is 2.90. The fraction of sp³-hybridized carbons (Fsp3) is 0.263. The van der Waals surface area contributed by atoms with Gasteiger partial charge in [-0.25, -0.2) is 9.18 Å². The lowest BCUT2D eigenvalue weighted by Crippen LogP contribution is -2.50. The van der Waals surface area contributed by atoms with Gasteiger partial charge in [0.25, 0.3) is 0 Å². The van der Waals surface area contributed by atoms with E-state index in [1.54, 1.807) is 30.3 Å². The van der Waals surface area contributed by atoms with E-state index >= 15 is 0 Å². The van der Waals surface area contributed by atoms with Gasteiger partial charge in [0.1, 0.15) is 5.82 Å². The first kappa shape index (κ1) is 18.1. The Morgan fingerprint density at radius 1 is 1.12 bits per heavy atom. The molecule has 0 aromatic heterocycles. The van der Waals surface area contributed by atoms with E-state index < -0.39 is 5.97 Å². The Morgan fingerprint density at radius 3 is 2.54 bits per heavy atom. The van der Waals surface area contributed by atoms with Crippen molar-refractivity contribution >= 4 is 34.7 Å². The lowest BCUT2D eigenvalue weighted by atomic mass is 10.2. The SMILES string of the molecule is COC(=O)c1cccc(NC(=S)N2CCN(c3ccccc3F)CC2)c1. The number of halogens is 1. The summed E-state index contributed by atoms with van der Waals surface area (Å²) in [5.74, 6) is -0.598. The number of anilines is 2. The van der Waals surface area contributed by atoms with Gasteiger partial charge in [0.15, 0.2) is 5.11 Å². The number of hydrogen-bond acceptors (Lipinski definition) is 4. The second kappa shape index (κ2) is 8.14. The van der Waals surface area contributed by atoms with E-state index in [-0.39, 0.29) is 5.82 Å². The number of methoxy groups -OCH3 is 1. The van der Waals surface area contributed by atoms with Crippen molar-refractivity contribution in [2.24, 2.45) is 0 Å². The molecule has 3 rings (SSSR count). The van der Waals surface area contributed by atoms with Crippen LogP contribution in [0.15, 0.2) is 48.5 Å². The van der Waals surface area contributed by atoms with Crippen molar-refractivity contribution in [3.63, 3.8) is 0 Å². The van der Waals surface area contributed by atoms with Gasteiger partial charge in [0.2, 0.25) is 0 Å². The molecule has 7 heteroatoms. The lowest BCUT2D eigenvalue weighted by molar-refractivity contribution is 0.0601. The van der Waals surface area contributed by atoms with Crippen molar-refractivity contribution in [3.8, 4) is 0 Å². The minimum absolute atomic E-state index is 0.207. The van der Waals surface area contributed by atoms with Crippen LogP contribution >= 0.6 is 12.2 Å². The van der Waals surface area contributed by atoms with Crippen molar-refractivity contribution in [2.45, 2.75) is 0 Å². The van der Waals surface area contributed by atoms with Crippen LogP contribution in [0.5, 0.6) is 0 Å². The van der Waals surface area contributed by atoms with Crippen molar-refractivity contribution < 1.29 is 13.9 Å². The first-order valence-corrected chi connectivity index (χ1v) is 8.73. The van der Waals surface area contributed by atoms with E-state index in [0.29, 0.717) is 42.5 Å². The highest BCUT2D eigenvalue weighted by Gasteiger charge is 2.21. The second-order valence-corrected chi connectivity index (χ2v) is 6.31. The summed E-state index contributed by atoms with van der Waals surface area (Å²) < 4.78 is 18.6. The third-order valence-electron chi connectivity index (χ3n) is 4.29. The highest BCUT2D eigenvalue weighted by Crippen LogP contribution is 2.20. The van der Waals surface area contributed by atoms with Gasteiger partial charge in [-0.1, -0.05) is 18.2 Å². The molecule has 1 fully saturated rings. The van der Waals surface area contributed by atoms with Crippen LogP contribution in [0.1, 0.15) is 10.4 Å². The van der Waals surface area contributed by atoms with E-state index in [1.807, 2.05) is 21.9 Å². The minimum atomic E-state index is -0.391. The zero-order valence-corrected chi connectivity index (χ0v) is 15.3. The number of piperazine rings is 1. The summed E-state index contributed by atoms with van der Waals surface area (Å²) in [7, 11) is 1.35. The van der Waals surface area contributed by atoms with Crippen LogP contribution in [0.4, 0.5) is 15.8 Å². The molecule has 1 saturated heterocycles. The average Bonchev–Trinajstić information content (AvgIpc) is 2.68. The van der Waals surface area contributed by atoms with Crippen LogP contribution in [0.25, 0.3) is 0 Å². The highest BCUT2D eigenvalue weighted by atomic mass is 32.1. The van der Waals surface area contributed by atoms with Gasteiger partial charge in [-0.05, 0) is 42.5 Å². The van der Waals surface area contributed by atoms with E-state index in [1.165, 1.54) is 13.2 Å². The molecular weight excluding hydrogens is 353 g/mol. The zero-order chi connectivity index (χ0) is 18.5. The van der Waals surface area contributed by atoms with E-state index in [0.717, 1.165) is 5.69 Å². The van der Waals surface area contributed by atoms with Crippen LogP contribution in [-0.2, 0) is 4.74 Å². The molecule has 1 aliphatic heterocycles. The van der Waals surface area contributed by atoms with E-state index in [9.17, 15) is 9.18 Å². The maximum absolute atomic E-state index is 13.9. The van der Waals surface area contributed by atoms with E-state index in [4.69, 9.17) is 17.0 Å². The molecule has 0 unspecified atom stereocenters. The van der Waals surface area contributed by atoms with Gasteiger partial charge in [0.05, 0.1) is 18.4 Å². The van der Waals surface area contributed by atoms with Gasteiger partial charge in [-0.2, -0.15) is 0 Å². The van der Waals surface area contributed by atoms with Gasteiger partial charge < -0.3 is 19.9 Å². The largest absolute Gasteiger partial charge is 0.465 e. The van der Waals surface area contributed by atoms with Gasteiger partial charge in [-0.3, -0.25) is 0 Å². The number of rotatable bonds is 3. The quantitative estimate of drug-likeness (QED) is 0.659. The number of nitrogens with one attached hydrogen (secondary N) is 1. The summed E-state index contributed by atoms with van der Waals surface area (Å²) in [6, 6.07) is 13.8. The minimum Gasteiger partial charge on any atom is -0.465 e. The number of para-hydroxylation sites is 1. The summed E-state index contributed by atoms with van der Waals surface area (Å²) in [5.41, 5.74) is 1.82. The summed E-state index contributed by atoms with van der Waals surface area (Å²) in [5, 5.41) is 3.74. The number of thiocarbonyl (C=S) groups is 1. The van der Waals surface area contributed by atoms with Crippen LogP contribution in [0, 0.1) is 5.82 Å². The number of nitrogens with zero attached hydrogens (tertiary/aromatic N) is 2. The zero-order valence-electron chi connectivity index (χ0n) is 14.4. The third-order valence-corrected chi connectivity index (χ3v) is 4.66. The number of benzene rings is 2. The molecule has 2 aromatic rings. The average molecular weight is 373 g/mol. The summed E-state index contributed by atoms with van der Waals surface area (Å²) >= 11 is 5.48. The topological polar surface area (TPSA) is 44.8 Å². The summed E-state index contributed by atoms with van der Waals surface area (Å²) in [6.07, 6.45) is 0. The highest BCUT2D eigenvalue weighted by molar-refractivity contribution is 7.80. The third kappa shape index (κ3) is 4.11. The Labute approximate surface area is 157 Å². The maximum atomic E-state index is 13.9. The molecule has 1 aliphatic rings. The Morgan fingerprint density at radius 2 is 1.85 bits per heavy atom. The van der Waals surface area contributed by atoms with Crippen molar-refractivity contribution in [1.82, 2.24) is 4.90 Å². The van der Waals surface area contributed by atoms with Crippen LogP contribution in [-0.4, -0.2) is 49.3 Å².